The summed E-state index contributed by atoms with van der Waals surface area (Å²) in [5, 5.41) is 11.7. The van der Waals surface area contributed by atoms with Crippen molar-refractivity contribution in [1.82, 2.24) is 4.98 Å². The van der Waals surface area contributed by atoms with Gasteiger partial charge >= 0.3 is 0 Å². The first-order chi connectivity index (χ1) is 8.76. The van der Waals surface area contributed by atoms with Crippen molar-refractivity contribution in [2.75, 3.05) is 12.4 Å². The number of rotatable bonds is 3. The van der Waals surface area contributed by atoms with E-state index in [2.05, 4.69) is 10.3 Å². The molecule has 2 rings (SSSR count). The third-order valence-corrected chi connectivity index (χ3v) is 2.54. The van der Waals surface area contributed by atoms with Crippen LogP contribution >= 0.6 is 0 Å². The molecule has 2 aromatic rings. The average Bonchev–Trinajstić information content (AvgIpc) is 2.46. The van der Waals surface area contributed by atoms with Crippen LogP contribution in [-0.2, 0) is 0 Å². The van der Waals surface area contributed by atoms with E-state index in [0.29, 0.717) is 22.5 Å². The van der Waals surface area contributed by atoms with Gasteiger partial charge in [0.2, 0.25) is 0 Å². The van der Waals surface area contributed by atoms with Gasteiger partial charge in [-0.1, -0.05) is 12.1 Å². The third kappa shape index (κ3) is 2.20. The van der Waals surface area contributed by atoms with Crippen molar-refractivity contribution in [2.45, 2.75) is 0 Å². The maximum absolute atomic E-state index is 12.3. The third-order valence-electron chi connectivity index (χ3n) is 2.54. The van der Waals surface area contributed by atoms with E-state index in [1.54, 1.807) is 49.6 Å². The summed E-state index contributed by atoms with van der Waals surface area (Å²) < 4.78 is 0. The Morgan fingerprint density at radius 3 is 2.89 bits per heavy atom. The van der Waals surface area contributed by atoms with Crippen LogP contribution in [0.5, 0.6) is 0 Å². The van der Waals surface area contributed by atoms with Crippen LogP contribution in [0.25, 0.3) is 0 Å². The molecule has 0 bridgehead atoms. The molecule has 1 aromatic carbocycles. The first-order valence-electron chi connectivity index (χ1n) is 5.44. The molecule has 0 aliphatic rings. The molecule has 0 aliphatic heterocycles. The Balaban J connectivity index is 2.45. The number of benzene rings is 1. The maximum atomic E-state index is 12.3. The van der Waals surface area contributed by atoms with Gasteiger partial charge in [0.05, 0.1) is 17.2 Å². The number of anilines is 1. The van der Waals surface area contributed by atoms with E-state index in [9.17, 15) is 4.79 Å². The summed E-state index contributed by atoms with van der Waals surface area (Å²) in [5.74, 6) is 0.384. The van der Waals surface area contributed by atoms with Gasteiger partial charge in [-0.15, -0.1) is 0 Å². The molecular formula is C14H11N3O. The highest BCUT2D eigenvalue weighted by atomic mass is 16.1. The molecule has 0 unspecified atom stereocenters. The molecule has 0 radical (unpaired) electrons. The van der Waals surface area contributed by atoms with Crippen molar-refractivity contribution in [3.8, 4) is 6.07 Å². The van der Waals surface area contributed by atoms with Gasteiger partial charge in [-0.05, 0) is 24.3 Å². The maximum Gasteiger partial charge on any atom is 0.196 e. The molecule has 4 heteroatoms. The van der Waals surface area contributed by atoms with Crippen molar-refractivity contribution >= 4 is 11.6 Å². The topological polar surface area (TPSA) is 65.8 Å². The zero-order chi connectivity index (χ0) is 13.0. The number of carbonyl (C=O) groups excluding carboxylic acids is 1. The van der Waals surface area contributed by atoms with Gasteiger partial charge in [0.25, 0.3) is 0 Å². The second kappa shape index (κ2) is 5.11. The summed E-state index contributed by atoms with van der Waals surface area (Å²) in [6.45, 7) is 0. The highest BCUT2D eigenvalue weighted by molar-refractivity contribution is 6.11. The molecule has 1 heterocycles. The molecule has 88 valence electrons. The van der Waals surface area contributed by atoms with E-state index in [1.165, 1.54) is 0 Å². The molecule has 0 saturated heterocycles. The summed E-state index contributed by atoms with van der Waals surface area (Å²) in [6.07, 6.45) is 1.62. The van der Waals surface area contributed by atoms with Crippen LogP contribution in [0.15, 0.2) is 42.6 Å². The lowest BCUT2D eigenvalue weighted by Crippen LogP contribution is -2.07. The molecule has 1 aromatic heterocycles. The van der Waals surface area contributed by atoms with Crippen molar-refractivity contribution in [3.05, 3.63) is 59.3 Å². The quantitative estimate of drug-likeness (QED) is 0.831. The summed E-state index contributed by atoms with van der Waals surface area (Å²) in [6, 6.07) is 12.1. The Labute approximate surface area is 105 Å². The van der Waals surface area contributed by atoms with Crippen LogP contribution < -0.4 is 5.32 Å². The Bertz CT molecular complexity index is 629. The Kier molecular flexibility index (Phi) is 3.35. The van der Waals surface area contributed by atoms with Gasteiger partial charge in [-0.3, -0.25) is 4.79 Å². The number of nitriles is 1. The van der Waals surface area contributed by atoms with Crippen molar-refractivity contribution < 1.29 is 4.79 Å². The number of hydrogen-bond acceptors (Lipinski definition) is 4. The summed E-state index contributed by atoms with van der Waals surface area (Å²) in [5.41, 5.74) is 1.45. The van der Waals surface area contributed by atoms with Gasteiger partial charge in [0, 0.05) is 18.8 Å². The number of hydrogen-bond donors (Lipinski definition) is 1. The highest BCUT2D eigenvalue weighted by Gasteiger charge is 2.13. The van der Waals surface area contributed by atoms with Gasteiger partial charge in [-0.25, -0.2) is 4.98 Å². The fourth-order valence-electron chi connectivity index (χ4n) is 1.67. The highest BCUT2D eigenvalue weighted by Crippen LogP contribution is 2.16. The van der Waals surface area contributed by atoms with Crippen LogP contribution in [0.1, 0.15) is 21.5 Å². The molecule has 0 fully saturated rings. The van der Waals surface area contributed by atoms with E-state index < -0.39 is 0 Å². The van der Waals surface area contributed by atoms with Crippen LogP contribution in [0.4, 0.5) is 5.82 Å². The largest absolute Gasteiger partial charge is 0.373 e. The van der Waals surface area contributed by atoms with E-state index >= 15 is 0 Å². The van der Waals surface area contributed by atoms with E-state index in [4.69, 9.17) is 5.26 Å². The minimum atomic E-state index is -0.149. The van der Waals surface area contributed by atoms with Gasteiger partial charge in [0.15, 0.2) is 5.78 Å². The fourth-order valence-corrected chi connectivity index (χ4v) is 1.67. The zero-order valence-electron chi connectivity index (χ0n) is 9.84. The fraction of sp³-hybridized carbons (Fsp3) is 0.0714. The molecule has 0 spiro atoms. The molecule has 0 aliphatic carbocycles. The smallest absolute Gasteiger partial charge is 0.196 e. The van der Waals surface area contributed by atoms with E-state index in [-0.39, 0.29) is 5.78 Å². The number of aromatic nitrogens is 1. The predicted octanol–water partition coefficient (Wildman–Crippen LogP) is 2.23. The Hall–Kier alpha value is -2.67. The van der Waals surface area contributed by atoms with Gasteiger partial charge in [0.1, 0.15) is 5.82 Å². The molecule has 4 nitrogen and oxygen atoms in total. The average molecular weight is 237 g/mol. The number of nitrogens with zero attached hydrogens (tertiary/aromatic N) is 2. The van der Waals surface area contributed by atoms with Crippen LogP contribution in [-0.4, -0.2) is 17.8 Å². The van der Waals surface area contributed by atoms with Gasteiger partial charge in [-0.2, -0.15) is 5.26 Å². The molecule has 18 heavy (non-hydrogen) atoms. The number of carbonyl (C=O) groups is 1. The molecule has 1 N–H and O–H groups in total. The second-order valence-corrected chi connectivity index (χ2v) is 3.67. The minimum absolute atomic E-state index is 0.149. The van der Waals surface area contributed by atoms with Crippen molar-refractivity contribution in [1.29, 1.82) is 5.26 Å². The summed E-state index contributed by atoms with van der Waals surface area (Å²) >= 11 is 0. The van der Waals surface area contributed by atoms with Gasteiger partial charge < -0.3 is 5.32 Å². The molecule has 0 amide bonds. The molecule has 0 saturated carbocycles. The lowest BCUT2D eigenvalue weighted by Gasteiger charge is -2.06. The molecule has 0 atom stereocenters. The minimum Gasteiger partial charge on any atom is -0.373 e. The van der Waals surface area contributed by atoms with E-state index in [1.807, 2.05) is 6.07 Å². The Morgan fingerprint density at radius 2 is 2.17 bits per heavy atom. The monoisotopic (exact) mass is 237 g/mol. The SMILES string of the molecule is CNc1ncccc1C(=O)c1cccc(C#N)c1. The summed E-state index contributed by atoms with van der Waals surface area (Å²) in [4.78, 5) is 16.4. The van der Waals surface area contributed by atoms with Crippen molar-refractivity contribution in [3.63, 3.8) is 0 Å². The molecular weight excluding hydrogens is 226 g/mol. The number of nitrogens with one attached hydrogen (secondary N) is 1. The van der Waals surface area contributed by atoms with Crippen LogP contribution in [0.3, 0.4) is 0 Å². The normalized spacial score (nSPS) is 9.56. The van der Waals surface area contributed by atoms with Crippen molar-refractivity contribution in [2.24, 2.45) is 0 Å². The van der Waals surface area contributed by atoms with Crippen LogP contribution in [0.2, 0.25) is 0 Å². The first kappa shape index (κ1) is 11.8. The van der Waals surface area contributed by atoms with E-state index in [0.717, 1.165) is 0 Å². The second-order valence-electron chi connectivity index (χ2n) is 3.67. The first-order valence-corrected chi connectivity index (χ1v) is 5.44. The lowest BCUT2D eigenvalue weighted by atomic mass is 10.0. The number of ketones is 1. The standard InChI is InChI=1S/C14H11N3O/c1-16-14-12(6-3-7-17-14)13(18)11-5-2-4-10(8-11)9-15/h2-8H,1H3,(H,16,17). The predicted molar refractivity (Wildman–Crippen MR) is 68.4 cm³/mol. The number of pyridine rings is 1. The summed E-state index contributed by atoms with van der Waals surface area (Å²) in [7, 11) is 1.71. The van der Waals surface area contributed by atoms with Crippen LogP contribution in [0, 0.1) is 11.3 Å². The lowest BCUT2D eigenvalue weighted by molar-refractivity contribution is 0.103. The Morgan fingerprint density at radius 1 is 1.33 bits per heavy atom. The zero-order valence-corrected chi connectivity index (χ0v) is 9.84.